The Morgan fingerprint density at radius 1 is 0.354 bits per heavy atom. The van der Waals surface area contributed by atoms with E-state index in [9.17, 15) is 4.79 Å². The van der Waals surface area contributed by atoms with E-state index < -0.39 is 21.4 Å². The maximum absolute atomic E-state index is 10.2. The molecule has 0 spiro atoms. The Hall–Kier alpha value is -14.1. The van der Waals surface area contributed by atoms with E-state index in [2.05, 4.69) is 84.7 Å². The van der Waals surface area contributed by atoms with Gasteiger partial charge in [-0.1, -0.05) is 6.08 Å². The molecule has 0 unspecified atom stereocenters. The van der Waals surface area contributed by atoms with Crippen LogP contribution in [0.2, 0.25) is 0 Å². The number of aldehydes is 3. The molecular weight excluding hydrogens is 2070 g/mol. The van der Waals surface area contributed by atoms with E-state index in [1.807, 2.05) is 215 Å². The number of allylic oxidation sites excluding steroid dienone is 1. The molecule has 0 atom stereocenters. The number of carbonyl (C=O) groups is 4. The van der Waals surface area contributed by atoms with E-state index in [1.165, 1.54) is 6.20 Å². The number of methoxy groups -OCH3 is 3. The summed E-state index contributed by atoms with van der Waals surface area (Å²) in [5.74, 6) is 9.05. The number of nitrogens with zero attached hydrogens (tertiary/aromatic N) is 26. The zero-order valence-electron chi connectivity index (χ0n) is 73.3. The van der Waals surface area contributed by atoms with Crippen molar-refractivity contribution in [2.24, 2.45) is 68.4 Å². The number of aliphatic imine (C=N–C) groups is 1. The van der Waals surface area contributed by atoms with Gasteiger partial charge in [0.1, 0.15) is 51.4 Å². The molecule has 1 aliphatic heterocycles. The molecule has 0 aliphatic carbocycles. The predicted molar refractivity (Wildman–Crippen MR) is 483 cm³/mol. The number of carboxylic acids is 1. The summed E-state index contributed by atoms with van der Waals surface area (Å²) in [5.41, 5.74) is 9.60. The second-order valence-electron chi connectivity index (χ2n) is 26.0. The number of aliphatic hydroxyl groups excluding tert-OH is 4. The minimum Gasteiger partial charge on any atom is 0 e. The molecule has 16 aromatic rings. The largest absolute Gasteiger partial charge is 0 e. The predicted octanol–water partition coefficient (Wildman–Crippen LogP) is 10.7. The molecule has 17 rings (SSSR count). The number of hydrogen-bond donors (Lipinski definition) is 6. The fourth-order valence-electron chi connectivity index (χ4n) is 10.7. The molecule has 0 fully saturated rings. The smallest absolute Gasteiger partial charge is 0 e. The molecule has 17 heterocycles. The number of imidazole rings is 9. The third-order valence-electron chi connectivity index (χ3n) is 17.0. The number of aryl methyl sites for hydroxylation is 9. The molecule has 43 heteroatoms. The SMILES string of the molecule is CC(=O)O.COc1ccnc(-c2nccn2C)c1.COc1ccnc(-c2nccn2C)c1.COc1ccnc(C=O)c1.Cn1ccnc1-c1cc(CO)ccn1.Cn1ccnc1-c1cc(CO)ccn1.Cn1ccnc1-c1cc(CO)ccn1.Cn1ccnc1-c1nccn1C.Cn1ccnc1-c1nccn1C.N.O=CC=O.OCc1ccnc(C2=NC=CC2)c1.[Cl][Os][Cl].[Os]. The first kappa shape index (κ1) is 108. The normalized spacial score (nSPS) is 10.2. The minimum absolute atomic E-state index is 0. The van der Waals surface area contributed by atoms with Gasteiger partial charge in [-0.25, -0.2) is 44.9 Å². The summed E-state index contributed by atoms with van der Waals surface area (Å²) < 4.78 is 32.4. The summed E-state index contributed by atoms with van der Waals surface area (Å²) in [6.07, 6.45) is 50.1. The topological polar surface area (TPSA) is 495 Å². The van der Waals surface area contributed by atoms with E-state index in [0.29, 0.717) is 17.7 Å². The van der Waals surface area contributed by atoms with Crippen molar-refractivity contribution in [2.75, 3.05) is 21.3 Å². The number of hydrogen-bond acceptors (Lipinski definition) is 29. The molecular formula is C87H101Cl2N27O12Os2. The van der Waals surface area contributed by atoms with Crippen LogP contribution in [0.3, 0.4) is 0 Å². The van der Waals surface area contributed by atoms with E-state index in [0.717, 1.165) is 139 Å². The van der Waals surface area contributed by atoms with Crippen LogP contribution in [0.1, 0.15) is 51.8 Å². The van der Waals surface area contributed by atoms with Gasteiger partial charge < -0.3 is 87.0 Å². The van der Waals surface area contributed by atoms with Gasteiger partial charge in [0.15, 0.2) is 71.3 Å². The number of halogens is 2. The average Bonchev–Trinajstić information content (AvgIpc) is 1.69. The van der Waals surface area contributed by atoms with Crippen LogP contribution in [0.4, 0.5) is 0 Å². The summed E-state index contributed by atoms with van der Waals surface area (Å²) in [6, 6.07) is 25.1. The number of aliphatic carboxylic acids is 1. The molecule has 686 valence electrons. The van der Waals surface area contributed by atoms with Gasteiger partial charge in [0.2, 0.25) is 0 Å². The first-order valence-corrected chi connectivity index (χ1v) is 44.4. The van der Waals surface area contributed by atoms with Crippen molar-refractivity contribution in [3.8, 4) is 98.1 Å². The summed E-state index contributed by atoms with van der Waals surface area (Å²) in [4.78, 5) is 108. The molecule has 16 aromatic heterocycles. The van der Waals surface area contributed by atoms with Crippen molar-refractivity contribution in [1.82, 2.24) is 127 Å². The molecule has 0 aromatic carbocycles. The van der Waals surface area contributed by atoms with E-state index in [-0.39, 0.29) is 64.9 Å². The maximum Gasteiger partial charge on any atom is 0 e. The quantitative estimate of drug-likeness (QED) is 0.0364. The Balaban J connectivity index is 0.000000301. The van der Waals surface area contributed by atoms with Gasteiger partial charge in [0.25, 0.3) is 5.97 Å². The van der Waals surface area contributed by atoms with E-state index in [1.54, 1.807) is 157 Å². The number of rotatable bonds is 17. The molecule has 1 aliphatic rings. The van der Waals surface area contributed by atoms with Crippen molar-refractivity contribution in [3.63, 3.8) is 0 Å². The summed E-state index contributed by atoms with van der Waals surface area (Å²) in [7, 11) is 32.1. The summed E-state index contributed by atoms with van der Waals surface area (Å²) >= 11 is -0.639. The zero-order valence-corrected chi connectivity index (χ0v) is 79.9. The zero-order chi connectivity index (χ0) is 93.1. The number of pyridine rings is 7. The van der Waals surface area contributed by atoms with Gasteiger partial charge in [0.05, 0.1) is 59.2 Å². The Morgan fingerprint density at radius 3 is 0.777 bits per heavy atom. The van der Waals surface area contributed by atoms with Gasteiger partial charge >= 0.3 is 34.7 Å². The van der Waals surface area contributed by atoms with Crippen LogP contribution in [0, 0.1) is 0 Å². The summed E-state index contributed by atoms with van der Waals surface area (Å²) in [5, 5.41) is 43.3. The molecule has 39 nitrogen and oxygen atoms in total. The minimum atomic E-state index is -0.833. The molecule has 8 N–H and O–H groups in total. The molecule has 0 saturated heterocycles. The number of aromatic nitrogens is 25. The second-order valence-corrected chi connectivity index (χ2v) is 29.7. The van der Waals surface area contributed by atoms with Crippen LogP contribution in [0.15, 0.2) is 257 Å². The van der Waals surface area contributed by atoms with Crippen LogP contribution in [0.25, 0.3) is 80.9 Å². The average molecular weight is 2170 g/mol. The monoisotopic (exact) mass is 2170 g/mol. The Labute approximate surface area is 779 Å². The van der Waals surface area contributed by atoms with Crippen molar-refractivity contribution in [1.29, 1.82) is 0 Å². The fourth-order valence-corrected chi connectivity index (χ4v) is 10.7. The first-order valence-electron chi connectivity index (χ1n) is 38.1. The van der Waals surface area contributed by atoms with Crippen LogP contribution in [-0.2, 0) is 139 Å². The van der Waals surface area contributed by atoms with Crippen LogP contribution < -0.4 is 20.4 Å². The molecule has 0 radical (unpaired) electrons. The van der Waals surface area contributed by atoms with Crippen LogP contribution in [0.5, 0.6) is 17.2 Å². The number of ether oxygens (including phenoxy) is 3. The maximum atomic E-state index is 10.2. The van der Waals surface area contributed by atoms with E-state index in [4.69, 9.17) is 73.4 Å². The first-order chi connectivity index (χ1) is 61.9. The van der Waals surface area contributed by atoms with E-state index >= 15 is 0 Å². The number of carbonyl (C=O) groups excluding carboxylic acids is 3. The third-order valence-corrected chi connectivity index (χ3v) is 17.0. The van der Waals surface area contributed by atoms with Gasteiger partial charge in [-0.2, -0.15) is 0 Å². The Bertz CT molecular complexity index is 5410. The third kappa shape index (κ3) is 35.6. The number of aliphatic hydroxyl groups is 4. The Morgan fingerprint density at radius 2 is 0.569 bits per heavy atom. The fraction of sp³-hybridized carbons (Fsp3) is 0.207. The molecule has 0 bridgehead atoms. The van der Waals surface area contributed by atoms with Crippen molar-refractivity contribution >= 4 is 49.8 Å². The molecule has 0 saturated carbocycles. The van der Waals surface area contributed by atoms with Crippen molar-refractivity contribution in [3.05, 3.63) is 286 Å². The standard InChI is InChI=1S/5C10H11N3O.C10H10N2O.2C8H10N4.C7H7NO2.C2H4O2.C2H2O2.2ClH.H3N.2Os/c2*1-13-6-5-12-10(13)9-7-8(14-2)3-4-11-9;3*1-13-5-4-12-10(13)9-6-8(7-14)2-3-11-9;13-7-8-3-5-12-10(6-8)9-2-1-4-11-9;2*1-11-5-3-9-7(11)8-10-4-6-12(8)2;1-10-7-2-3-8-6(4-7)5-9;1-2(3)4;3-1-2-4;;;;;/h2*3-7H,1-2H3;3*2-6,14H,7H2,1H3;1,3-6,13H,2,7H2;2*3-6H,1-2H3;2-5H,1H3;1H3,(H,3,4);1-2H;2*1H;1H3;;/q;;;;;;;;;;;;;;;+2/p-2. The van der Waals surface area contributed by atoms with Crippen molar-refractivity contribution < 1.29 is 94.1 Å². The van der Waals surface area contributed by atoms with Gasteiger partial charge in [-0.15, -0.1) is 0 Å². The van der Waals surface area contributed by atoms with Crippen LogP contribution in [-0.4, -0.2) is 198 Å². The molecule has 0 amide bonds. The molecule has 130 heavy (non-hydrogen) atoms. The second kappa shape index (κ2) is 59.8. The van der Waals surface area contributed by atoms with Gasteiger partial charge in [-0.05, 0) is 89.0 Å². The Kier molecular flexibility index (Phi) is 49.8. The van der Waals surface area contributed by atoms with Crippen LogP contribution >= 0.6 is 19.3 Å². The van der Waals surface area contributed by atoms with Crippen molar-refractivity contribution in [2.45, 2.75) is 39.8 Å². The number of carboxylic acid groups (broad SMARTS) is 1. The summed E-state index contributed by atoms with van der Waals surface area (Å²) in [6.45, 7) is 1.22. The van der Waals surface area contributed by atoms with Gasteiger partial charge in [-0.3, -0.25) is 59.1 Å². The van der Waals surface area contributed by atoms with Gasteiger partial charge in [0, 0.05) is 276 Å².